The number of hydrogen-bond acceptors (Lipinski definition) is 3. The van der Waals surface area contributed by atoms with Crippen LogP contribution >= 0.6 is 0 Å². The Balaban J connectivity index is 2.26. The van der Waals surface area contributed by atoms with Crippen LogP contribution in [-0.2, 0) is 0 Å². The van der Waals surface area contributed by atoms with Crippen molar-refractivity contribution in [3.05, 3.63) is 23.8 Å². The second-order valence-corrected chi connectivity index (χ2v) is 5.88. The first-order chi connectivity index (χ1) is 9.64. The molecule has 0 radical (unpaired) electrons. The smallest absolute Gasteiger partial charge is 0.143 e. The third kappa shape index (κ3) is 3.09. The molecular weight excluding hydrogens is 248 g/mol. The highest BCUT2D eigenvalue weighted by Crippen LogP contribution is 2.40. The maximum absolute atomic E-state index is 6.34. The van der Waals surface area contributed by atoms with Crippen LogP contribution in [0.25, 0.3) is 0 Å². The molecule has 1 heterocycles. The van der Waals surface area contributed by atoms with Crippen LogP contribution in [0.15, 0.2) is 18.2 Å². The van der Waals surface area contributed by atoms with Crippen LogP contribution in [0.4, 0.5) is 5.69 Å². The minimum atomic E-state index is -0.0367. The average Bonchev–Trinajstić information content (AvgIpc) is 2.47. The van der Waals surface area contributed by atoms with Crippen molar-refractivity contribution in [1.82, 2.24) is 0 Å². The third-order valence-electron chi connectivity index (χ3n) is 4.43. The van der Waals surface area contributed by atoms with Crippen LogP contribution in [-0.4, -0.2) is 25.2 Å². The summed E-state index contributed by atoms with van der Waals surface area (Å²) in [5.41, 5.74) is 8.13. The normalized spacial score (nSPS) is 16.7. The van der Waals surface area contributed by atoms with Crippen LogP contribution in [0, 0.1) is 6.92 Å². The van der Waals surface area contributed by atoms with Crippen molar-refractivity contribution in [1.29, 1.82) is 0 Å². The lowest BCUT2D eigenvalue weighted by Crippen LogP contribution is -2.50. The summed E-state index contributed by atoms with van der Waals surface area (Å²) in [5, 5.41) is 0. The molecule has 0 saturated heterocycles. The number of unbranched alkanes of at least 4 members (excludes halogenated alkanes) is 1. The fraction of sp³-hybridized carbons (Fsp3) is 0.647. The molecule has 0 aromatic heterocycles. The molecule has 112 valence electrons. The van der Waals surface area contributed by atoms with E-state index in [9.17, 15) is 0 Å². The van der Waals surface area contributed by atoms with Gasteiger partial charge in [0.05, 0.1) is 12.2 Å². The highest BCUT2D eigenvalue weighted by Gasteiger charge is 2.36. The van der Waals surface area contributed by atoms with Crippen molar-refractivity contribution in [2.45, 2.75) is 52.1 Å². The molecule has 0 bridgehead atoms. The van der Waals surface area contributed by atoms with Gasteiger partial charge in [-0.1, -0.05) is 19.9 Å². The molecule has 1 aliphatic heterocycles. The molecule has 0 saturated carbocycles. The second-order valence-electron chi connectivity index (χ2n) is 5.88. The first-order valence-corrected chi connectivity index (χ1v) is 7.89. The fourth-order valence-electron chi connectivity index (χ4n) is 2.92. The number of nitrogens with two attached hydrogens (primary N) is 1. The van der Waals surface area contributed by atoms with Gasteiger partial charge in [-0.2, -0.15) is 0 Å². The first-order valence-electron chi connectivity index (χ1n) is 7.89. The van der Waals surface area contributed by atoms with E-state index in [1.165, 1.54) is 11.3 Å². The zero-order valence-electron chi connectivity index (χ0n) is 13.1. The molecule has 3 nitrogen and oxygen atoms in total. The first kappa shape index (κ1) is 15.2. The molecule has 0 atom stereocenters. The van der Waals surface area contributed by atoms with Gasteiger partial charge in [0.1, 0.15) is 11.4 Å². The highest BCUT2D eigenvalue weighted by molar-refractivity contribution is 5.62. The summed E-state index contributed by atoms with van der Waals surface area (Å²) in [6.45, 7) is 9.42. The van der Waals surface area contributed by atoms with Gasteiger partial charge in [-0.25, -0.2) is 0 Å². The SMILES string of the molecule is CCC1(CC)CN(CCCCN)c2cc(C)ccc2O1. The van der Waals surface area contributed by atoms with E-state index in [0.717, 1.165) is 51.1 Å². The van der Waals surface area contributed by atoms with Crippen LogP contribution < -0.4 is 15.4 Å². The summed E-state index contributed by atoms with van der Waals surface area (Å²) in [4.78, 5) is 2.49. The van der Waals surface area contributed by atoms with Gasteiger partial charge in [-0.3, -0.25) is 0 Å². The van der Waals surface area contributed by atoms with E-state index < -0.39 is 0 Å². The van der Waals surface area contributed by atoms with Crippen molar-refractivity contribution < 1.29 is 4.74 Å². The van der Waals surface area contributed by atoms with E-state index in [1.807, 2.05) is 0 Å². The zero-order chi connectivity index (χ0) is 14.6. The number of ether oxygens (including phenoxy) is 1. The van der Waals surface area contributed by atoms with Gasteiger partial charge in [-0.15, -0.1) is 0 Å². The molecule has 1 aromatic carbocycles. The average molecular weight is 276 g/mol. The number of benzene rings is 1. The van der Waals surface area contributed by atoms with Gasteiger partial charge in [0, 0.05) is 6.54 Å². The molecule has 0 fully saturated rings. The number of aryl methyl sites for hydroxylation is 1. The Labute approximate surface area is 123 Å². The highest BCUT2D eigenvalue weighted by atomic mass is 16.5. The van der Waals surface area contributed by atoms with Crippen LogP contribution in [0.5, 0.6) is 5.75 Å². The summed E-state index contributed by atoms with van der Waals surface area (Å²) >= 11 is 0. The van der Waals surface area contributed by atoms with Crippen LogP contribution in [0.2, 0.25) is 0 Å². The molecule has 0 spiro atoms. The van der Waals surface area contributed by atoms with E-state index in [-0.39, 0.29) is 5.60 Å². The Morgan fingerprint density at radius 2 is 2.00 bits per heavy atom. The molecule has 1 aliphatic rings. The van der Waals surface area contributed by atoms with Crippen molar-refractivity contribution in [2.24, 2.45) is 5.73 Å². The van der Waals surface area contributed by atoms with Gasteiger partial charge in [0.15, 0.2) is 0 Å². The third-order valence-corrected chi connectivity index (χ3v) is 4.43. The molecule has 3 heteroatoms. The van der Waals surface area contributed by atoms with Gasteiger partial charge in [0.25, 0.3) is 0 Å². The number of nitrogens with zero attached hydrogens (tertiary/aromatic N) is 1. The summed E-state index contributed by atoms with van der Waals surface area (Å²) in [6, 6.07) is 6.51. The number of rotatable bonds is 6. The lowest BCUT2D eigenvalue weighted by molar-refractivity contribution is 0.0573. The summed E-state index contributed by atoms with van der Waals surface area (Å²) in [6.07, 6.45) is 4.32. The lowest BCUT2D eigenvalue weighted by atomic mass is 9.93. The van der Waals surface area contributed by atoms with Gasteiger partial charge >= 0.3 is 0 Å². The molecule has 0 amide bonds. The fourth-order valence-corrected chi connectivity index (χ4v) is 2.92. The summed E-state index contributed by atoms with van der Waals surface area (Å²) < 4.78 is 6.34. The van der Waals surface area contributed by atoms with E-state index in [2.05, 4.69) is 43.9 Å². The predicted molar refractivity (Wildman–Crippen MR) is 85.6 cm³/mol. The minimum Gasteiger partial charge on any atom is -0.483 e. The molecule has 0 unspecified atom stereocenters. The quantitative estimate of drug-likeness (QED) is 0.808. The Hall–Kier alpha value is -1.22. The van der Waals surface area contributed by atoms with Crippen molar-refractivity contribution in [3.8, 4) is 5.75 Å². The zero-order valence-corrected chi connectivity index (χ0v) is 13.1. The predicted octanol–water partition coefficient (Wildman–Crippen LogP) is 3.49. The van der Waals surface area contributed by atoms with E-state index in [0.29, 0.717) is 0 Å². The Morgan fingerprint density at radius 3 is 2.65 bits per heavy atom. The van der Waals surface area contributed by atoms with E-state index >= 15 is 0 Å². The largest absolute Gasteiger partial charge is 0.483 e. The maximum Gasteiger partial charge on any atom is 0.143 e. The maximum atomic E-state index is 6.34. The van der Waals surface area contributed by atoms with Crippen molar-refractivity contribution >= 4 is 5.69 Å². The van der Waals surface area contributed by atoms with Crippen LogP contribution in [0.3, 0.4) is 0 Å². The summed E-state index contributed by atoms with van der Waals surface area (Å²) in [5.74, 6) is 1.04. The molecule has 2 N–H and O–H groups in total. The molecule has 1 aromatic rings. The van der Waals surface area contributed by atoms with Gasteiger partial charge < -0.3 is 15.4 Å². The molecule has 2 rings (SSSR count). The lowest BCUT2D eigenvalue weighted by Gasteiger charge is -2.44. The molecule has 20 heavy (non-hydrogen) atoms. The number of hydrogen-bond donors (Lipinski definition) is 1. The van der Waals surface area contributed by atoms with Crippen molar-refractivity contribution in [3.63, 3.8) is 0 Å². The van der Waals surface area contributed by atoms with E-state index in [1.54, 1.807) is 0 Å². The van der Waals surface area contributed by atoms with Crippen LogP contribution in [0.1, 0.15) is 45.1 Å². The minimum absolute atomic E-state index is 0.0367. The van der Waals surface area contributed by atoms with Gasteiger partial charge in [0.2, 0.25) is 0 Å². The number of fused-ring (bicyclic) bond motifs is 1. The number of anilines is 1. The van der Waals surface area contributed by atoms with E-state index in [4.69, 9.17) is 10.5 Å². The Bertz CT molecular complexity index is 441. The monoisotopic (exact) mass is 276 g/mol. The summed E-state index contributed by atoms with van der Waals surface area (Å²) in [7, 11) is 0. The standard InChI is InChI=1S/C17H28N2O/c1-4-17(5-2)13-19(11-7-6-10-18)15-12-14(3)8-9-16(15)20-17/h8-9,12H,4-7,10-11,13,18H2,1-3H3. The second kappa shape index (κ2) is 6.49. The van der Waals surface area contributed by atoms with Crippen molar-refractivity contribution in [2.75, 3.05) is 24.5 Å². The Kier molecular flexibility index (Phi) is 4.92. The molecule has 0 aliphatic carbocycles. The Morgan fingerprint density at radius 1 is 1.25 bits per heavy atom. The topological polar surface area (TPSA) is 38.5 Å². The molecular formula is C17H28N2O. The van der Waals surface area contributed by atoms with Gasteiger partial charge in [-0.05, 0) is 56.8 Å².